The predicted octanol–water partition coefficient (Wildman–Crippen LogP) is 3.70. The van der Waals surface area contributed by atoms with Crippen molar-refractivity contribution in [3.05, 3.63) is 48.0 Å². The minimum absolute atomic E-state index is 0.0533. The van der Waals surface area contributed by atoms with Crippen molar-refractivity contribution in [3.63, 3.8) is 0 Å². The van der Waals surface area contributed by atoms with Crippen LogP contribution in [0.25, 0.3) is 10.9 Å². The first-order valence-electron chi connectivity index (χ1n) is 11.5. The zero-order valence-corrected chi connectivity index (χ0v) is 20.5. The molecule has 0 aliphatic carbocycles. The number of hydrogen-bond donors (Lipinski definition) is 1. The first-order chi connectivity index (χ1) is 17.5. The Bertz CT molecular complexity index is 1280. The minimum Gasteiger partial charge on any atom is -0.493 e. The van der Waals surface area contributed by atoms with Gasteiger partial charge in [-0.15, -0.1) is 10.2 Å². The molecule has 2 aromatic carbocycles. The zero-order chi connectivity index (χ0) is 25.5. The molecule has 1 amide bonds. The predicted molar refractivity (Wildman–Crippen MR) is 133 cm³/mol. The quantitative estimate of drug-likeness (QED) is 0.273. The third-order valence-electron chi connectivity index (χ3n) is 5.81. The molecule has 190 valence electrons. The second kappa shape index (κ2) is 11.6. The van der Waals surface area contributed by atoms with Gasteiger partial charge in [-0.05, 0) is 31.2 Å². The maximum Gasteiger partial charge on any atom is 0.304 e. The third kappa shape index (κ3) is 5.64. The van der Waals surface area contributed by atoms with Crippen LogP contribution in [0, 0.1) is 0 Å². The van der Waals surface area contributed by atoms with Gasteiger partial charge in [0.1, 0.15) is 0 Å². The van der Waals surface area contributed by atoms with Crippen LogP contribution in [0.3, 0.4) is 0 Å². The topological polar surface area (TPSA) is 119 Å². The van der Waals surface area contributed by atoms with E-state index in [9.17, 15) is 9.90 Å². The Morgan fingerprint density at radius 3 is 2.58 bits per heavy atom. The summed E-state index contributed by atoms with van der Waals surface area (Å²) in [5.41, 5.74) is 2.33. The van der Waals surface area contributed by atoms with Crippen molar-refractivity contribution in [1.82, 2.24) is 9.47 Å². The monoisotopic (exact) mass is 495 g/mol. The van der Waals surface area contributed by atoms with Gasteiger partial charge in [0.15, 0.2) is 23.8 Å². The van der Waals surface area contributed by atoms with E-state index in [1.165, 1.54) is 0 Å². The highest BCUT2D eigenvalue weighted by Gasteiger charge is 2.20. The number of hydrogen-bond acceptors (Lipinski definition) is 9. The van der Waals surface area contributed by atoms with E-state index in [-0.39, 0.29) is 11.6 Å². The molecule has 2 heterocycles. The number of carbonyl (C=O) groups is 1. The van der Waals surface area contributed by atoms with Gasteiger partial charge >= 0.3 is 5.91 Å². The molecule has 11 heteroatoms. The smallest absolute Gasteiger partial charge is 0.304 e. The van der Waals surface area contributed by atoms with Crippen molar-refractivity contribution in [2.24, 2.45) is 15.4 Å². The van der Waals surface area contributed by atoms with Crippen molar-refractivity contribution >= 4 is 28.2 Å². The fraction of sp³-hybridized carbons (Fsp3) is 0.360. The number of oxime groups is 1. The Hall–Kier alpha value is -3.96. The number of morpholine rings is 1. The third-order valence-corrected chi connectivity index (χ3v) is 5.81. The van der Waals surface area contributed by atoms with Crippen LogP contribution >= 0.6 is 0 Å². The van der Waals surface area contributed by atoms with Crippen LogP contribution in [0.1, 0.15) is 12.5 Å². The molecule has 11 nitrogen and oxygen atoms in total. The average Bonchev–Trinajstić information content (AvgIpc) is 3.17. The molecule has 0 bridgehead atoms. The van der Waals surface area contributed by atoms with E-state index in [0.29, 0.717) is 42.5 Å². The van der Waals surface area contributed by atoms with Crippen LogP contribution < -0.4 is 9.47 Å². The zero-order valence-electron chi connectivity index (χ0n) is 20.5. The largest absolute Gasteiger partial charge is 0.493 e. The fourth-order valence-electron chi connectivity index (χ4n) is 3.89. The Kier molecular flexibility index (Phi) is 8.13. The van der Waals surface area contributed by atoms with Crippen molar-refractivity contribution in [3.8, 4) is 17.4 Å². The summed E-state index contributed by atoms with van der Waals surface area (Å²) in [5.74, 6) is 0.466. The number of carbonyl (C=O) groups excluding carboxylic acids is 1. The number of ether oxygens (including phenoxy) is 3. The number of nitrogens with zero attached hydrogens (tertiary/aromatic N) is 5. The summed E-state index contributed by atoms with van der Waals surface area (Å²) >= 11 is 0. The molecule has 1 aliphatic rings. The lowest BCUT2D eigenvalue weighted by Gasteiger charge is -2.27. The Morgan fingerprint density at radius 1 is 1.08 bits per heavy atom. The molecular weight excluding hydrogens is 466 g/mol. The minimum atomic E-state index is -0.636. The van der Waals surface area contributed by atoms with Crippen molar-refractivity contribution in [2.45, 2.75) is 13.6 Å². The van der Waals surface area contributed by atoms with Gasteiger partial charge in [0, 0.05) is 24.0 Å². The van der Waals surface area contributed by atoms with Gasteiger partial charge < -0.3 is 24.2 Å². The van der Waals surface area contributed by atoms with Gasteiger partial charge in [-0.2, -0.15) is 0 Å². The van der Waals surface area contributed by atoms with Crippen LogP contribution in [0.4, 0.5) is 5.69 Å². The van der Waals surface area contributed by atoms with Gasteiger partial charge in [-0.25, -0.2) is 0 Å². The van der Waals surface area contributed by atoms with Crippen molar-refractivity contribution < 1.29 is 28.9 Å². The maximum absolute atomic E-state index is 12.3. The van der Waals surface area contributed by atoms with Crippen LogP contribution in [0.15, 0.2) is 57.8 Å². The first kappa shape index (κ1) is 25.1. The summed E-state index contributed by atoms with van der Waals surface area (Å²) < 4.78 is 17.7. The highest BCUT2D eigenvalue weighted by molar-refractivity contribution is 5.99. The highest BCUT2D eigenvalue weighted by atomic mass is 16.6. The lowest BCUT2D eigenvalue weighted by molar-refractivity contribution is -0.122. The molecule has 0 radical (unpaired) electrons. The summed E-state index contributed by atoms with van der Waals surface area (Å²) in [6, 6.07) is 12.8. The molecular formula is C25H29N5O6. The van der Waals surface area contributed by atoms with E-state index >= 15 is 0 Å². The summed E-state index contributed by atoms with van der Waals surface area (Å²) in [5, 5.41) is 23.3. The molecule has 1 N–H and O–H groups in total. The van der Waals surface area contributed by atoms with Gasteiger partial charge in [0.2, 0.25) is 5.88 Å². The van der Waals surface area contributed by atoms with Crippen LogP contribution in [-0.2, 0) is 21.0 Å². The van der Waals surface area contributed by atoms with Gasteiger partial charge in [-0.1, -0.05) is 23.4 Å². The van der Waals surface area contributed by atoms with Crippen LogP contribution in [0.5, 0.6) is 17.4 Å². The van der Waals surface area contributed by atoms with Gasteiger partial charge in [-0.3, -0.25) is 14.3 Å². The number of azo groups is 1. The van der Waals surface area contributed by atoms with Crippen molar-refractivity contribution in [1.29, 1.82) is 0 Å². The van der Waals surface area contributed by atoms with Gasteiger partial charge in [0.25, 0.3) is 0 Å². The van der Waals surface area contributed by atoms with E-state index in [0.717, 1.165) is 24.2 Å². The first-order valence-corrected chi connectivity index (χ1v) is 11.5. The molecule has 0 unspecified atom stereocenters. The molecule has 0 spiro atoms. The number of benzene rings is 2. The summed E-state index contributed by atoms with van der Waals surface area (Å²) in [7, 11) is 3.11. The molecule has 1 fully saturated rings. The number of aromatic hydroxyl groups is 1. The maximum atomic E-state index is 12.3. The lowest BCUT2D eigenvalue weighted by Crippen LogP contribution is -2.37. The summed E-state index contributed by atoms with van der Waals surface area (Å²) in [6.45, 7) is 4.65. The second-order valence-electron chi connectivity index (χ2n) is 8.10. The van der Waals surface area contributed by atoms with E-state index in [4.69, 9.17) is 19.0 Å². The number of aromatic nitrogens is 1. The number of amides is 1. The SMILES string of the molecule is COc1ccc(C(C)=NOCC(=O)N=Nc2c(O)n(CN3CCOCC3)c3ccccc23)cc1OC. The molecule has 0 saturated carbocycles. The number of fused-ring (bicyclic) bond motifs is 1. The Labute approximate surface area is 208 Å². The normalized spacial score (nSPS) is 14.9. The van der Waals surface area contributed by atoms with Crippen molar-refractivity contribution in [2.75, 3.05) is 47.1 Å². The lowest BCUT2D eigenvalue weighted by atomic mass is 10.1. The highest BCUT2D eigenvalue weighted by Crippen LogP contribution is 2.39. The van der Waals surface area contributed by atoms with E-state index in [1.54, 1.807) is 43.9 Å². The van der Waals surface area contributed by atoms with Crippen LogP contribution in [-0.4, -0.2) is 73.3 Å². The molecule has 4 rings (SSSR count). The summed E-state index contributed by atoms with van der Waals surface area (Å²) in [6.07, 6.45) is 0. The molecule has 1 aromatic heterocycles. The molecule has 0 atom stereocenters. The van der Waals surface area contributed by atoms with E-state index < -0.39 is 12.5 Å². The number of methoxy groups -OCH3 is 2. The molecule has 1 aliphatic heterocycles. The molecule has 3 aromatic rings. The molecule has 1 saturated heterocycles. The molecule has 36 heavy (non-hydrogen) atoms. The Balaban J connectivity index is 1.43. The second-order valence-corrected chi connectivity index (χ2v) is 8.10. The van der Waals surface area contributed by atoms with E-state index in [1.807, 2.05) is 24.3 Å². The Morgan fingerprint density at radius 2 is 1.83 bits per heavy atom. The van der Waals surface area contributed by atoms with E-state index in [2.05, 4.69) is 20.3 Å². The summed E-state index contributed by atoms with van der Waals surface area (Å²) in [4.78, 5) is 19.6. The van der Waals surface area contributed by atoms with Crippen LogP contribution in [0.2, 0.25) is 0 Å². The van der Waals surface area contributed by atoms with Gasteiger partial charge in [0.05, 0.1) is 45.3 Å². The fourth-order valence-corrected chi connectivity index (χ4v) is 3.89. The standard InChI is InChI=1S/C25H29N5O6/c1-17(18-8-9-21(33-2)22(14-18)34-3)28-36-15-23(31)26-27-24-19-6-4-5-7-20(19)30(25(24)32)16-29-10-12-35-13-11-29/h4-9,14,32H,10-13,15-16H2,1-3H3. The number of para-hydroxylation sites is 1. The average molecular weight is 496 g/mol. The number of rotatable bonds is 9.